The lowest BCUT2D eigenvalue weighted by Gasteiger charge is -2.37. The third-order valence-corrected chi connectivity index (χ3v) is 6.44. The predicted molar refractivity (Wildman–Crippen MR) is 135 cm³/mol. The van der Waals surface area contributed by atoms with Crippen LogP contribution in [0.3, 0.4) is 0 Å². The number of cyclic esters (lactones) is 1. The number of hydrogen-bond donors (Lipinski definition) is 1. The van der Waals surface area contributed by atoms with Gasteiger partial charge < -0.3 is 19.9 Å². The highest BCUT2D eigenvalue weighted by atomic mass is 35.5. The molecule has 7 nitrogen and oxygen atoms in total. The molecule has 0 aliphatic carbocycles. The van der Waals surface area contributed by atoms with Crippen molar-refractivity contribution in [3.8, 4) is 0 Å². The fourth-order valence-electron chi connectivity index (χ4n) is 3.85. The first-order valence-corrected chi connectivity index (χ1v) is 11.7. The number of piperazine rings is 1. The predicted octanol–water partition coefficient (Wildman–Crippen LogP) is 3.63. The quantitative estimate of drug-likeness (QED) is 0.486. The first kappa shape index (κ1) is 23.6. The van der Waals surface area contributed by atoms with Crippen molar-refractivity contribution in [1.29, 1.82) is 0 Å². The van der Waals surface area contributed by atoms with Gasteiger partial charge in [-0.3, -0.25) is 4.90 Å². The fraction of sp³-hybridized carbons (Fsp3) is 0.364. The summed E-state index contributed by atoms with van der Waals surface area (Å²) in [6.45, 7) is 5.09. The number of amides is 1. The number of thiocarbonyl (C=S) groups is 2. The molecule has 2 aliphatic heterocycles. The molecule has 174 valence electrons. The number of benzene rings is 1. The standard InChI is InChI=1S/C22H23ClFN5O2S2/c1-14(32)25-12-17-13-29(22(30)31-17)16-3-4-19(18(24)10-16)27-6-8-28(9-7-27)21(33)15-2-5-20(23)26-11-15/h2-5,10-11,17H,6-9,12-13H2,1H3,(H,25,32). The van der Waals surface area contributed by atoms with Gasteiger partial charge >= 0.3 is 6.09 Å². The van der Waals surface area contributed by atoms with Gasteiger partial charge in [0.15, 0.2) is 0 Å². The van der Waals surface area contributed by atoms with Crippen LogP contribution in [0.1, 0.15) is 12.5 Å². The van der Waals surface area contributed by atoms with Gasteiger partial charge in [0.05, 0.1) is 29.5 Å². The Morgan fingerprint density at radius 2 is 2.00 bits per heavy atom. The van der Waals surface area contributed by atoms with Gasteiger partial charge in [-0.25, -0.2) is 14.2 Å². The summed E-state index contributed by atoms with van der Waals surface area (Å²) in [4.78, 5) is 23.2. The summed E-state index contributed by atoms with van der Waals surface area (Å²) >= 11 is 16.4. The lowest BCUT2D eigenvalue weighted by atomic mass is 10.2. The minimum absolute atomic E-state index is 0.336. The summed E-state index contributed by atoms with van der Waals surface area (Å²) in [5.74, 6) is -0.380. The molecule has 1 unspecified atom stereocenters. The number of hydrogen-bond acceptors (Lipinski definition) is 6. The van der Waals surface area contributed by atoms with Crippen LogP contribution < -0.4 is 15.1 Å². The Morgan fingerprint density at radius 1 is 1.24 bits per heavy atom. The molecule has 11 heteroatoms. The van der Waals surface area contributed by atoms with Crippen LogP contribution in [0.25, 0.3) is 0 Å². The molecule has 33 heavy (non-hydrogen) atoms. The fourth-order valence-corrected chi connectivity index (χ4v) is 4.35. The molecular weight excluding hydrogens is 485 g/mol. The van der Waals surface area contributed by atoms with Crippen LogP contribution in [0.5, 0.6) is 0 Å². The van der Waals surface area contributed by atoms with Crippen molar-refractivity contribution in [3.63, 3.8) is 0 Å². The number of nitrogens with zero attached hydrogens (tertiary/aromatic N) is 4. The van der Waals surface area contributed by atoms with Crippen LogP contribution in [0, 0.1) is 5.82 Å². The SMILES string of the molecule is CC(=S)NCC1CN(c2ccc(N3CCN(C(=S)c4ccc(Cl)nc4)CC3)c(F)c2)C(=O)O1. The molecule has 1 aromatic carbocycles. The Bertz CT molecular complexity index is 1060. The Hall–Kier alpha value is -2.56. The first-order chi connectivity index (χ1) is 15.8. The number of pyridine rings is 1. The lowest BCUT2D eigenvalue weighted by molar-refractivity contribution is 0.143. The zero-order valence-corrected chi connectivity index (χ0v) is 20.4. The Kier molecular flexibility index (Phi) is 7.26. The molecule has 1 atom stereocenters. The molecule has 0 radical (unpaired) electrons. The summed E-state index contributed by atoms with van der Waals surface area (Å²) in [6, 6.07) is 8.40. The highest BCUT2D eigenvalue weighted by Gasteiger charge is 2.33. The van der Waals surface area contributed by atoms with Crippen LogP contribution in [0.2, 0.25) is 5.15 Å². The number of anilines is 2. The minimum atomic E-state index is -0.491. The van der Waals surface area contributed by atoms with Crippen molar-refractivity contribution in [2.45, 2.75) is 13.0 Å². The highest BCUT2D eigenvalue weighted by Crippen LogP contribution is 2.28. The van der Waals surface area contributed by atoms with E-state index in [4.69, 9.17) is 40.8 Å². The molecule has 2 fully saturated rings. The first-order valence-electron chi connectivity index (χ1n) is 10.5. The Morgan fingerprint density at radius 3 is 2.64 bits per heavy atom. The molecule has 0 saturated carbocycles. The van der Waals surface area contributed by atoms with Crippen LogP contribution in [-0.4, -0.2) is 71.3 Å². The average Bonchev–Trinajstić information content (AvgIpc) is 3.18. The van der Waals surface area contributed by atoms with E-state index in [9.17, 15) is 4.79 Å². The lowest BCUT2D eigenvalue weighted by Crippen LogP contribution is -2.48. The zero-order valence-electron chi connectivity index (χ0n) is 18.0. The molecule has 1 aromatic heterocycles. The van der Waals surface area contributed by atoms with E-state index in [1.54, 1.807) is 31.3 Å². The third-order valence-electron chi connectivity index (χ3n) is 5.58. The molecule has 2 aromatic rings. The second kappa shape index (κ2) is 10.1. The monoisotopic (exact) mass is 507 g/mol. The topological polar surface area (TPSA) is 60.9 Å². The molecule has 2 aliphatic rings. The summed E-state index contributed by atoms with van der Waals surface area (Å²) in [7, 11) is 0. The van der Waals surface area contributed by atoms with E-state index in [0.29, 0.717) is 65.8 Å². The summed E-state index contributed by atoms with van der Waals surface area (Å²) in [6.07, 6.45) is 0.830. The van der Waals surface area contributed by atoms with Crippen molar-refractivity contribution in [2.75, 3.05) is 49.1 Å². The second-order valence-corrected chi connectivity index (χ2v) is 9.22. The van der Waals surface area contributed by atoms with Gasteiger partial charge in [-0.1, -0.05) is 36.0 Å². The number of rotatable bonds is 5. The van der Waals surface area contributed by atoms with Crippen LogP contribution in [-0.2, 0) is 4.74 Å². The van der Waals surface area contributed by atoms with Crippen molar-refractivity contribution in [2.24, 2.45) is 0 Å². The van der Waals surface area contributed by atoms with Gasteiger partial charge in [0.1, 0.15) is 22.1 Å². The number of halogens is 2. The molecule has 1 N–H and O–H groups in total. The van der Waals surface area contributed by atoms with Gasteiger partial charge in [0.25, 0.3) is 0 Å². The summed E-state index contributed by atoms with van der Waals surface area (Å²) in [5, 5.41) is 3.41. The molecule has 4 rings (SSSR count). The molecule has 2 saturated heterocycles. The van der Waals surface area contributed by atoms with Gasteiger partial charge in [-0.15, -0.1) is 0 Å². The smallest absolute Gasteiger partial charge is 0.414 e. The maximum Gasteiger partial charge on any atom is 0.414 e. The number of aromatic nitrogens is 1. The normalized spacial score (nSPS) is 18.3. The van der Waals surface area contributed by atoms with E-state index in [1.807, 2.05) is 11.0 Å². The summed E-state index contributed by atoms with van der Waals surface area (Å²) < 4.78 is 20.4. The Labute approximate surface area is 207 Å². The van der Waals surface area contributed by atoms with Crippen molar-refractivity contribution in [1.82, 2.24) is 15.2 Å². The maximum atomic E-state index is 15.0. The van der Waals surface area contributed by atoms with E-state index in [2.05, 4.69) is 15.2 Å². The number of ether oxygens (including phenoxy) is 1. The number of nitrogens with one attached hydrogen (secondary N) is 1. The van der Waals surface area contributed by atoms with E-state index in [-0.39, 0.29) is 11.9 Å². The molecular formula is C22H23ClFN5O2S2. The van der Waals surface area contributed by atoms with Gasteiger partial charge in [-0.2, -0.15) is 0 Å². The van der Waals surface area contributed by atoms with Crippen LogP contribution >= 0.6 is 36.0 Å². The van der Waals surface area contributed by atoms with Crippen molar-refractivity contribution in [3.05, 3.63) is 53.1 Å². The zero-order chi connectivity index (χ0) is 23.5. The largest absolute Gasteiger partial charge is 0.442 e. The van der Waals surface area contributed by atoms with Gasteiger partial charge in [0.2, 0.25) is 0 Å². The van der Waals surface area contributed by atoms with Crippen LogP contribution in [0.4, 0.5) is 20.6 Å². The third kappa shape index (κ3) is 5.51. The number of carbonyl (C=O) groups is 1. The van der Waals surface area contributed by atoms with Gasteiger partial charge in [0, 0.05) is 37.9 Å². The van der Waals surface area contributed by atoms with Crippen molar-refractivity contribution < 1.29 is 13.9 Å². The van der Waals surface area contributed by atoms with E-state index in [0.717, 1.165) is 5.56 Å². The average molecular weight is 508 g/mol. The highest BCUT2D eigenvalue weighted by molar-refractivity contribution is 7.80. The molecule has 0 spiro atoms. The molecule has 3 heterocycles. The van der Waals surface area contributed by atoms with E-state index in [1.165, 1.54) is 11.0 Å². The van der Waals surface area contributed by atoms with E-state index < -0.39 is 6.09 Å². The van der Waals surface area contributed by atoms with Crippen LogP contribution in [0.15, 0.2) is 36.5 Å². The molecule has 1 amide bonds. The van der Waals surface area contributed by atoms with Crippen molar-refractivity contribution >= 4 is 63.5 Å². The Balaban J connectivity index is 1.37. The van der Waals surface area contributed by atoms with E-state index >= 15 is 4.39 Å². The molecule has 0 bridgehead atoms. The number of carbonyl (C=O) groups excluding carboxylic acids is 1. The minimum Gasteiger partial charge on any atom is -0.442 e. The summed E-state index contributed by atoms with van der Waals surface area (Å²) in [5.41, 5.74) is 1.81. The second-order valence-electron chi connectivity index (χ2n) is 7.84. The van der Waals surface area contributed by atoms with Gasteiger partial charge in [-0.05, 0) is 37.3 Å². The maximum absolute atomic E-state index is 15.0.